The molecule has 0 aliphatic heterocycles. The minimum absolute atomic E-state index is 0.186. The van der Waals surface area contributed by atoms with E-state index in [4.69, 9.17) is 22.8 Å². The lowest BCUT2D eigenvalue weighted by atomic mass is 10.1. The van der Waals surface area contributed by atoms with Gasteiger partial charge in [-0.25, -0.2) is 5.84 Å². The number of hydrogen-bond donors (Lipinski definition) is 3. The Labute approximate surface area is 113 Å². The Kier molecular flexibility index (Phi) is 5.84. The average Bonchev–Trinajstić information content (AvgIpc) is 2.38. The highest BCUT2D eigenvalue weighted by molar-refractivity contribution is 7.80. The number of benzene rings is 1. The van der Waals surface area contributed by atoms with Gasteiger partial charge >= 0.3 is 0 Å². The molecule has 100 valence electrons. The summed E-state index contributed by atoms with van der Waals surface area (Å²) >= 11 is 4.97. The van der Waals surface area contributed by atoms with E-state index in [-0.39, 0.29) is 6.04 Å². The highest BCUT2D eigenvalue weighted by Gasteiger charge is 2.14. The van der Waals surface area contributed by atoms with Crippen molar-refractivity contribution in [1.82, 2.24) is 15.6 Å². The number of likely N-dealkylation sites (N-methyl/N-ethyl adjacent to an activating group) is 1. The zero-order valence-corrected chi connectivity index (χ0v) is 11.8. The molecule has 18 heavy (non-hydrogen) atoms. The second-order valence-electron chi connectivity index (χ2n) is 4.11. The van der Waals surface area contributed by atoms with Gasteiger partial charge in [0.2, 0.25) is 0 Å². The van der Waals surface area contributed by atoms with Crippen LogP contribution in [0.1, 0.15) is 11.6 Å². The zero-order valence-electron chi connectivity index (χ0n) is 10.9. The van der Waals surface area contributed by atoms with Gasteiger partial charge in [-0.15, -0.1) is 0 Å². The minimum atomic E-state index is 0.186. The maximum atomic E-state index is 5.23. The van der Waals surface area contributed by atoms with Gasteiger partial charge in [-0.2, -0.15) is 0 Å². The van der Waals surface area contributed by atoms with Crippen LogP contribution in [0.15, 0.2) is 24.3 Å². The molecule has 0 fully saturated rings. The van der Waals surface area contributed by atoms with Gasteiger partial charge in [0.1, 0.15) is 5.75 Å². The van der Waals surface area contributed by atoms with Crippen molar-refractivity contribution in [2.24, 2.45) is 5.84 Å². The van der Waals surface area contributed by atoms with Crippen LogP contribution in [-0.4, -0.2) is 37.8 Å². The summed E-state index contributed by atoms with van der Waals surface area (Å²) in [6.45, 7) is 0.670. The van der Waals surface area contributed by atoms with Crippen molar-refractivity contribution < 1.29 is 4.74 Å². The van der Waals surface area contributed by atoms with Crippen LogP contribution in [0.5, 0.6) is 5.75 Å². The van der Waals surface area contributed by atoms with E-state index in [1.165, 1.54) is 0 Å². The number of nitrogens with two attached hydrogens (primary N) is 1. The molecule has 1 aromatic carbocycles. The predicted octanol–water partition coefficient (Wildman–Crippen LogP) is 0.636. The summed E-state index contributed by atoms with van der Waals surface area (Å²) in [5, 5.41) is 3.50. The maximum absolute atomic E-state index is 5.23. The van der Waals surface area contributed by atoms with Gasteiger partial charge in [0.25, 0.3) is 0 Å². The zero-order chi connectivity index (χ0) is 13.5. The molecule has 1 rings (SSSR count). The van der Waals surface area contributed by atoms with Crippen LogP contribution < -0.4 is 21.3 Å². The van der Waals surface area contributed by atoms with E-state index in [0.717, 1.165) is 11.3 Å². The summed E-state index contributed by atoms with van der Waals surface area (Å²) in [6.07, 6.45) is 0. The van der Waals surface area contributed by atoms with Gasteiger partial charge in [0.15, 0.2) is 5.11 Å². The van der Waals surface area contributed by atoms with Gasteiger partial charge < -0.3 is 20.4 Å². The van der Waals surface area contributed by atoms with Crippen molar-refractivity contribution in [2.75, 3.05) is 27.7 Å². The molecule has 0 heterocycles. The fourth-order valence-electron chi connectivity index (χ4n) is 1.69. The third-order valence-electron chi connectivity index (χ3n) is 2.69. The monoisotopic (exact) mass is 268 g/mol. The first kappa shape index (κ1) is 14.7. The van der Waals surface area contributed by atoms with Gasteiger partial charge in [-0.05, 0) is 44.0 Å². The number of hydrazine groups is 1. The Morgan fingerprint density at radius 2 is 2.22 bits per heavy atom. The quantitative estimate of drug-likeness (QED) is 0.414. The molecule has 0 spiro atoms. The van der Waals surface area contributed by atoms with Crippen LogP contribution in [0.2, 0.25) is 0 Å². The Balaban J connectivity index is 2.80. The van der Waals surface area contributed by atoms with Gasteiger partial charge in [-0.3, -0.25) is 0 Å². The first-order chi connectivity index (χ1) is 8.58. The summed E-state index contributed by atoms with van der Waals surface area (Å²) in [5.41, 5.74) is 3.57. The van der Waals surface area contributed by atoms with Crippen molar-refractivity contribution in [2.45, 2.75) is 6.04 Å². The SMILES string of the molecule is COc1cccc(C(CNC(=S)NN)N(C)C)c1. The molecule has 0 bridgehead atoms. The molecule has 0 aliphatic carbocycles. The molecule has 1 unspecified atom stereocenters. The fraction of sp³-hybridized carbons (Fsp3) is 0.417. The number of methoxy groups -OCH3 is 1. The Morgan fingerprint density at radius 1 is 1.50 bits per heavy atom. The van der Waals surface area contributed by atoms with E-state index < -0.39 is 0 Å². The Hall–Kier alpha value is -1.37. The van der Waals surface area contributed by atoms with E-state index in [1.54, 1.807) is 7.11 Å². The van der Waals surface area contributed by atoms with Crippen molar-refractivity contribution >= 4 is 17.3 Å². The number of thiocarbonyl (C=S) groups is 1. The molecule has 0 aliphatic rings. The van der Waals surface area contributed by atoms with Crippen LogP contribution in [0, 0.1) is 0 Å². The van der Waals surface area contributed by atoms with E-state index in [9.17, 15) is 0 Å². The maximum Gasteiger partial charge on any atom is 0.180 e. The summed E-state index contributed by atoms with van der Waals surface area (Å²) in [6, 6.07) is 8.17. The number of nitrogens with zero attached hydrogens (tertiary/aromatic N) is 1. The molecule has 0 aromatic heterocycles. The smallest absolute Gasteiger partial charge is 0.180 e. The van der Waals surface area contributed by atoms with Crippen LogP contribution in [0.3, 0.4) is 0 Å². The third kappa shape index (κ3) is 4.14. The molecular formula is C12H20N4OS. The summed E-state index contributed by atoms with van der Waals surface area (Å²) < 4.78 is 5.23. The highest BCUT2D eigenvalue weighted by Crippen LogP contribution is 2.21. The molecule has 0 amide bonds. The average molecular weight is 268 g/mol. The van der Waals surface area contributed by atoms with Crippen LogP contribution in [0.25, 0.3) is 0 Å². The van der Waals surface area contributed by atoms with E-state index in [2.05, 4.69) is 21.7 Å². The standard InChI is InChI=1S/C12H20N4OS/c1-16(2)11(8-14-12(18)15-13)9-5-4-6-10(7-9)17-3/h4-7,11H,8,13H2,1-3H3,(H2,14,15,18). The van der Waals surface area contributed by atoms with Crippen molar-refractivity contribution in [1.29, 1.82) is 0 Å². The molecule has 0 radical (unpaired) electrons. The second kappa shape index (κ2) is 7.15. The lowest BCUT2D eigenvalue weighted by Crippen LogP contribution is -2.43. The first-order valence-electron chi connectivity index (χ1n) is 5.63. The van der Waals surface area contributed by atoms with E-state index in [0.29, 0.717) is 11.7 Å². The highest BCUT2D eigenvalue weighted by atomic mass is 32.1. The molecule has 1 atom stereocenters. The number of ether oxygens (including phenoxy) is 1. The topological polar surface area (TPSA) is 62.6 Å². The van der Waals surface area contributed by atoms with Crippen LogP contribution in [0.4, 0.5) is 0 Å². The molecule has 4 N–H and O–H groups in total. The number of hydrogen-bond acceptors (Lipinski definition) is 4. The Morgan fingerprint density at radius 3 is 2.78 bits per heavy atom. The van der Waals surface area contributed by atoms with Crippen LogP contribution >= 0.6 is 12.2 Å². The lowest BCUT2D eigenvalue weighted by Gasteiger charge is -2.25. The summed E-state index contributed by atoms with van der Waals surface area (Å²) in [4.78, 5) is 2.11. The van der Waals surface area contributed by atoms with Gasteiger partial charge in [0, 0.05) is 6.54 Å². The predicted molar refractivity (Wildman–Crippen MR) is 77.3 cm³/mol. The Bertz CT molecular complexity index is 397. The molecule has 1 aromatic rings. The van der Waals surface area contributed by atoms with Gasteiger partial charge in [0.05, 0.1) is 13.2 Å². The molecule has 0 saturated carbocycles. The van der Waals surface area contributed by atoms with E-state index in [1.807, 2.05) is 32.3 Å². The normalized spacial score (nSPS) is 12.1. The van der Waals surface area contributed by atoms with Crippen molar-refractivity contribution in [3.8, 4) is 5.75 Å². The number of rotatable bonds is 5. The van der Waals surface area contributed by atoms with Crippen LogP contribution in [-0.2, 0) is 0 Å². The lowest BCUT2D eigenvalue weighted by molar-refractivity contribution is 0.297. The molecule has 6 heteroatoms. The summed E-state index contributed by atoms with van der Waals surface area (Å²) in [5.74, 6) is 6.08. The molecular weight excluding hydrogens is 248 g/mol. The largest absolute Gasteiger partial charge is 0.497 e. The number of nitrogens with one attached hydrogen (secondary N) is 2. The molecule has 5 nitrogen and oxygen atoms in total. The molecule has 0 saturated heterocycles. The van der Waals surface area contributed by atoms with E-state index >= 15 is 0 Å². The summed E-state index contributed by atoms with van der Waals surface area (Å²) in [7, 11) is 5.70. The van der Waals surface area contributed by atoms with Gasteiger partial charge in [-0.1, -0.05) is 12.1 Å². The minimum Gasteiger partial charge on any atom is -0.497 e. The first-order valence-corrected chi connectivity index (χ1v) is 6.04. The van der Waals surface area contributed by atoms with Crippen molar-refractivity contribution in [3.05, 3.63) is 29.8 Å². The van der Waals surface area contributed by atoms with Crippen molar-refractivity contribution in [3.63, 3.8) is 0 Å². The second-order valence-corrected chi connectivity index (χ2v) is 4.52. The fourth-order valence-corrected chi connectivity index (χ4v) is 1.77. The third-order valence-corrected chi connectivity index (χ3v) is 2.95.